The van der Waals surface area contributed by atoms with E-state index in [4.69, 9.17) is 0 Å². The van der Waals surface area contributed by atoms with E-state index in [9.17, 15) is 18.0 Å². The topological polar surface area (TPSA) is 104 Å². The molecule has 0 spiro atoms. The van der Waals surface area contributed by atoms with Gasteiger partial charge < -0.3 is 10.6 Å². The van der Waals surface area contributed by atoms with Crippen LogP contribution in [0, 0.1) is 6.92 Å². The fourth-order valence-electron chi connectivity index (χ4n) is 3.11. The first-order chi connectivity index (χ1) is 15.7. The fourth-order valence-corrected chi connectivity index (χ4v) is 4.26. The molecule has 0 aliphatic heterocycles. The second-order valence-corrected chi connectivity index (χ2v) is 9.41. The quantitative estimate of drug-likeness (QED) is 0.453. The van der Waals surface area contributed by atoms with Gasteiger partial charge in [0.25, 0.3) is 21.8 Å². The van der Waals surface area contributed by atoms with Crippen LogP contribution in [0.3, 0.4) is 0 Å². The summed E-state index contributed by atoms with van der Waals surface area (Å²) in [7, 11) is -3.74. The van der Waals surface area contributed by atoms with Gasteiger partial charge in [-0.3, -0.25) is 14.3 Å². The summed E-state index contributed by atoms with van der Waals surface area (Å²) in [6.45, 7) is 5.60. The molecular weight excluding hydrogens is 438 g/mol. The molecule has 0 unspecified atom stereocenters. The molecule has 0 radical (unpaired) electrons. The largest absolute Gasteiger partial charge is 0.350 e. The molecule has 0 fully saturated rings. The highest BCUT2D eigenvalue weighted by Crippen LogP contribution is 2.22. The zero-order valence-electron chi connectivity index (χ0n) is 18.8. The van der Waals surface area contributed by atoms with Crippen LogP contribution in [-0.4, -0.2) is 26.3 Å². The maximum absolute atomic E-state index is 12.9. The van der Waals surface area contributed by atoms with Gasteiger partial charge in [-0.25, -0.2) is 8.42 Å². The van der Waals surface area contributed by atoms with Crippen molar-refractivity contribution in [3.05, 3.63) is 89.5 Å². The van der Waals surface area contributed by atoms with Crippen LogP contribution < -0.4 is 15.4 Å². The van der Waals surface area contributed by atoms with Crippen LogP contribution in [0.25, 0.3) is 0 Å². The van der Waals surface area contributed by atoms with Crippen LogP contribution in [0.2, 0.25) is 0 Å². The van der Waals surface area contributed by atoms with Gasteiger partial charge in [-0.1, -0.05) is 37.3 Å². The molecule has 3 rings (SSSR count). The van der Waals surface area contributed by atoms with Gasteiger partial charge in [0.2, 0.25) is 0 Å². The Bertz CT molecular complexity index is 1260. The van der Waals surface area contributed by atoms with Crippen LogP contribution in [0.4, 0.5) is 11.4 Å². The second-order valence-electron chi connectivity index (χ2n) is 7.73. The molecule has 0 aliphatic rings. The molecule has 0 bridgehead atoms. The molecule has 0 aliphatic carbocycles. The van der Waals surface area contributed by atoms with Gasteiger partial charge in [0.05, 0.1) is 21.8 Å². The van der Waals surface area contributed by atoms with Crippen molar-refractivity contribution in [1.82, 2.24) is 5.32 Å². The maximum Gasteiger partial charge on any atom is 0.261 e. The Morgan fingerprint density at radius 1 is 0.879 bits per heavy atom. The number of hydrogen-bond donors (Lipinski definition) is 3. The summed E-state index contributed by atoms with van der Waals surface area (Å²) in [5, 5.41) is 5.68. The van der Waals surface area contributed by atoms with Gasteiger partial charge in [-0.15, -0.1) is 0 Å². The van der Waals surface area contributed by atoms with Crippen molar-refractivity contribution >= 4 is 33.2 Å². The standard InChI is InChI=1S/C25H27N3O4S/c1-4-18(3)26-25(30)21-12-8-9-13-23(21)27-24(29)19-14-15-22(17(2)16-19)28-33(31,32)20-10-6-5-7-11-20/h5-16,18,28H,4H2,1-3H3,(H,26,30)(H,27,29)/t18-/m0/s1. The highest BCUT2D eigenvalue weighted by Gasteiger charge is 2.18. The molecule has 3 N–H and O–H groups in total. The third-order valence-electron chi connectivity index (χ3n) is 5.20. The molecule has 7 nitrogen and oxygen atoms in total. The SMILES string of the molecule is CC[C@H](C)NC(=O)c1ccccc1NC(=O)c1ccc(NS(=O)(=O)c2ccccc2)c(C)c1. The minimum atomic E-state index is -3.74. The number of rotatable bonds is 8. The minimum Gasteiger partial charge on any atom is -0.350 e. The molecule has 2 amide bonds. The lowest BCUT2D eigenvalue weighted by molar-refractivity contribution is 0.0940. The van der Waals surface area contributed by atoms with Gasteiger partial charge in [-0.05, 0) is 68.3 Å². The van der Waals surface area contributed by atoms with E-state index in [1.54, 1.807) is 61.5 Å². The maximum atomic E-state index is 12.9. The van der Waals surface area contributed by atoms with Crippen molar-refractivity contribution in [2.24, 2.45) is 0 Å². The van der Waals surface area contributed by atoms with Gasteiger partial charge in [0, 0.05) is 11.6 Å². The number of para-hydroxylation sites is 1. The number of anilines is 2. The monoisotopic (exact) mass is 465 g/mol. The van der Waals surface area contributed by atoms with Crippen LogP contribution in [-0.2, 0) is 10.0 Å². The predicted molar refractivity (Wildman–Crippen MR) is 130 cm³/mol. The summed E-state index contributed by atoms with van der Waals surface area (Å²) in [6.07, 6.45) is 0.792. The zero-order chi connectivity index (χ0) is 24.0. The smallest absolute Gasteiger partial charge is 0.261 e. The third-order valence-corrected chi connectivity index (χ3v) is 6.58. The summed E-state index contributed by atoms with van der Waals surface area (Å²) >= 11 is 0. The fraction of sp³-hybridized carbons (Fsp3) is 0.200. The van der Waals surface area contributed by atoms with Gasteiger partial charge in [0.15, 0.2) is 0 Å². The Hall–Kier alpha value is -3.65. The summed E-state index contributed by atoms with van der Waals surface area (Å²) in [4.78, 5) is 25.6. The summed E-state index contributed by atoms with van der Waals surface area (Å²) in [5.74, 6) is -0.665. The summed E-state index contributed by atoms with van der Waals surface area (Å²) in [5.41, 5.74) is 2.07. The van der Waals surface area contributed by atoms with E-state index in [0.29, 0.717) is 28.1 Å². The van der Waals surface area contributed by atoms with Gasteiger partial charge >= 0.3 is 0 Å². The van der Waals surface area contributed by atoms with Crippen molar-refractivity contribution in [2.45, 2.75) is 38.1 Å². The lowest BCUT2D eigenvalue weighted by Gasteiger charge is -2.15. The number of sulfonamides is 1. The van der Waals surface area contributed by atoms with Crippen molar-refractivity contribution in [3.63, 3.8) is 0 Å². The molecule has 0 saturated heterocycles. The molecule has 8 heteroatoms. The molecule has 0 aromatic heterocycles. The first kappa shape index (κ1) is 24.0. The molecular formula is C25H27N3O4S. The number of carbonyl (C=O) groups excluding carboxylic acids is 2. The zero-order valence-corrected chi connectivity index (χ0v) is 19.6. The van der Waals surface area contributed by atoms with E-state index in [-0.39, 0.29) is 16.8 Å². The molecule has 3 aromatic rings. The van der Waals surface area contributed by atoms with Gasteiger partial charge in [-0.2, -0.15) is 0 Å². The van der Waals surface area contributed by atoms with Crippen molar-refractivity contribution in [1.29, 1.82) is 0 Å². The van der Waals surface area contributed by atoms with Crippen molar-refractivity contribution < 1.29 is 18.0 Å². The lowest BCUT2D eigenvalue weighted by Crippen LogP contribution is -2.32. The Balaban J connectivity index is 1.77. The van der Waals surface area contributed by atoms with Crippen LogP contribution >= 0.6 is 0 Å². The molecule has 172 valence electrons. The number of carbonyl (C=O) groups is 2. The Morgan fingerprint density at radius 3 is 2.21 bits per heavy atom. The Kier molecular flexibility index (Phi) is 7.50. The highest BCUT2D eigenvalue weighted by atomic mass is 32.2. The first-order valence-electron chi connectivity index (χ1n) is 10.6. The summed E-state index contributed by atoms with van der Waals surface area (Å²) < 4.78 is 27.7. The van der Waals surface area contributed by atoms with E-state index >= 15 is 0 Å². The lowest BCUT2D eigenvalue weighted by atomic mass is 10.1. The van der Waals surface area contributed by atoms with E-state index in [2.05, 4.69) is 15.4 Å². The second kappa shape index (κ2) is 10.3. The molecule has 0 saturated carbocycles. The highest BCUT2D eigenvalue weighted by molar-refractivity contribution is 7.92. The normalized spacial score (nSPS) is 12.0. The van der Waals surface area contributed by atoms with E-state index in [1.807, 2.05) is 13.8 Å². The average Bonchev–Trinajstić information content (AvgIpc) is 2.81. The van der Waals surface area contributed by atoms with E-state index in [1.165, 1.54) is 18.2 Å². The number of aryl methyl sites for hydroxylation is 1. The number of amides is 2. The molecule has 3 aromatic carbocycles. The van der Waals surface area contributed by atoms with Crippen LogP contribution in [0.1, 0.15) is 46.5 Å². The van der Waals surface area contributed by atoms with Crippen LogP contribution in [0.15, 0.2) is 77.7 Å². The predicted octanol–water partition coefficient (Wildman–Crippen LogP) is 4.58. The molecule has 1 atom stereocenters. The van der Waals surface area contributed by atoms with Crippen molar-refractivity contribution in [2.75, 3.05) is 10.0 Å². The van der Waals surface area contributed by atoms with E-state index in [0.717, 1.165) is 6.42 Å². The Labute approximate surface area is 194 Å². The van der Waals surface area contributed by atoms with Crippen molar-refractivity contribution in [3.8, 4) is 0 Å². The van der Waals surface area contributed by atoms with Gasteiger partial charge in [0.1, 0.15) is 0 Å². The average molecular weight is 466 g/mol. The molecule has 0 heterocycles. The minimum absolute atomic E-state index is 0.0103. The number of nitrogens with one attached hydrogen (secondary N) is 3. The molecule has 33 heavy (non-hydrogen) atoms. The Morgan fingerprint density at radius 2 is 1.55 bits per heavy atom. The van der Waals surface area contributed by atoms with E-state index < -0.39 is 15.9 Å². The third kappa shape index (κ3) is 5.98. The van der Waals surface area contributed by atoms with Crippen LogP contribution in [0.5, 0.6) is 0 Å². The first-order valence-corrected chi connectivity index (χ1v) is 12.1. The summed E-state index contributed by atoms with van der Waals surface area (Å²) in [6, 6.07) is 19.5. The number of benzene rings is 3. The number of hydrogen-bond acceptors (Lipinski definition) is 4.